The summed E-state index contributed by atoms with van der Waals surface area (Å²) >= 11 is 2.94. The molecule has 1 heterocycles. The Hall–Kier alpha value is -3.35. The molecule has 0 saturated heterocycles. The number of aromatic nitrogens is 1. The molecule has 0 amide bonds. The molecule has 0 saturated carbocycles. The van der Waals surface area contributed by atoms with Crippen LogP contribution >= 0.6 is 23.5 Å². The van der Waals surface area contributed by atoms with Crippen LogP contribution in [-0.2, 0) is 15.3 Å². The summed E-state index contributed by atoms with van der Waals surface area (Å²) in [6.45, 7) is 4.06. The van der Waals surface area contributed by atoms with Crippen molar-refractivity contribution >= 4 is 51.7 Å². The number of hydrogen-bond acceptors (Lipinski definition) is 5. The van der Waals surface area contributed by atoms with E-state index < -0.39 is 5.97 Å². The normalized spacial score (nSPS) is 11.7. The highest BCUT2D eigenvalue weighted by molar-refractivity contribution is 8.22. The predicted molar refractivity (Wildman–Crippen MR) is 150 cm³/mol. The molecule has 0 spiro atoms. The lowest BCUT2D eigenvalue weighted by Crippen LogP contribution is -2.37. The highest BCUT2D eigenvalue weighted by Gasteiger charge is 2.29. The van der Waals surface area contributed by atoms with Crippen molar-refractivity contribution in [3.63, 3.8) is 0 Å². The average molecular weight is 515 g/mol. The van der Waals surface area contributed by atoms with Crippen LogP contribution in [0.4, 0.5) is 0 Å². The molecule has 36 heavy (non-hydrogen) atoms. The second kappa shape index (κ2) is 12.6. The van der Waals surface area contributed by atoms with Crippen LogP contribution in [-0.4, -0.2) is 24.1 Å². The first-order valence-corrected chi connectivity index (χ1v) is 13.7. The van der Waals surface area contributed by atoms with Crippen molar-refractivity contribution in [2.75, 3.05) is 12.4 Å². The van der Waals surface area contributed by atoms with Gasteiger partial charge in [-0.25, -0.2) is 4.79 Å². The Balaban J connectivity index is 1.71. The van der Waals surface area contributed by atoms with Gasteiger partial charge in [0.1, 0.15) is 4.24 Å². The van der Waals surface area contributed by atoms with Gasteiger partial charge in [-0.05, 0) is 35.7 Å². The Morgan fingerprint density at radius 1 is 0.833 bits per heavy atom. The minimum atomic E-state index is -0.411. The highest BCUT2D eigenvalue weighted by Crippen LogP contribution is 2.36. The number of nitrogens with zero attached hydrogens (tertiary/aromatic N) is 1. The number of thioether (sulfide) groups is 2. The largest absolute Gasteiger partial charge is 0.458 e. The van der Waals surface area contributed by atoms with Gasteiger partial charge >= 0.3 is 11.7 Å². The van der Waals surface area contributed by atoms with E-state index in [0.717, 1.165) is 9.80 Å². The van der Waals surface area contributed by atoms with Gasteiger partial charge in [0.15, 0.2) is 18.2 Å². The number of pyridine rings is 1. The van der Waals surface area contributed by atoms with Crippen molar-refractivity contribution in [3.8, 4) is 0 Å². The number of benzene rings is 3. The summed E-state index contributed by atoms with van der Waals surface area (Å²) in [6, 6.07) is 27.7. The Morgan fingerprint density at radius 2 is 1.53 bits per heavy atom. The van der Waals surface area contributed by atoms with Crippen LogP contribution in [0.5, 0.6) is 0 Å². The summed E-state index contributed by atoms with van der Waals surface area (Å²) in [5.41, 5.74) is 3.34. The van der Waals surface area contributed by atoms with Gasteiger partial charge in [-0.2, -0.15) is 4.57 Å². The summed E-state index contributed by atoms with van der Waals surface area (Å²) in [6.07, 6.45) is 3.72. The monoisotopic (exact) mass is 514 g/mol. The van der Waals surface area contributed by atoms with Crippen LogP contribution < -0.4 is 4.57 Å². The number of esters is 1. The van der Waals surface area contributed by atoms with Gasteiger partial charge < -0.3 is 4.74 Å². The zero-order valence-electron chi connectivity index (χ0n) is 20.3. The lowest BCUT2D eigenvalue weighted by atomic mass is 10.1. The third kappa shape index (κ3) is 6.45. The first kappa shape index (κ1) is 25.7. The maximum absolute atomic E-state index is 13.2. The lowest BCUT2D eigenvalue weighted by molar-refractivity contribution is -0.578. The van der Waals surface area contributed by atoms with Crippen LogP contribution in [0, 0.1) is 6.92 Å². The molecule has 4 rings (SSSR count). The SMILES string of the molecule is CCOC(=O)/C(=C(/SCC(=O)c1ccccc1)SCc1cccc2ccccc12)[n+]1ccc(C)cc1. The molecule has 4 nitrogen and oxygen atoms in total. The van der Waals surface area contributed by atoms with E-state index in [1.807, 2.05) is 73.9 Å². The maximum atomic E-state index is 13.2. The fraction of sp³-hybridized carbons (Fsp3) is 0.167. The molecule has 0 aliphatic rings. The molecule has 182 valence electrons. The first-order chi connectivity index (χ1) is 17.6. The van der Waals surface area contributed by atoms with Crippen molar-refractivity contribution in [1.29, 1.82) is 0 Å². The van der Waals surface area contributed by atoms with E-state index in [1.54, 1.807) is 23.3 Å². The van der Waals surface area contributed by atoms with Gasteiger partial charge in [0.05, 0.1) is 12.4 Å². The maximum Gasteiger partial charge on any atom is 0.405 e. The van der Waals surface area contributed by atoms with Crippen LogP contribution in [0.1, 0.15) is 28.4 Å². The van der Waals surface area contributed by atoms with E-state index in [0.29, 0.717) is 17.0 Å². The molecule has 0 aliphatic heterocycles. The van der Waals surface area contributed by atoms with Crippen LogP contribution in [0.2, 0.25) is 0 Å². The molecule has 0 fully saturated rings. The predicted octanol–water partition coefficient (Wildman–Crippen LogP) is 6.67. The third-order valence-corrected chi connectivity index (χ3v) is 8.07. The minimum absolute atomic E-state index is 0.0148. The molecule has 0 radical (unpaired) electrons. The van der Waals surface area contributed by atoms with Crippen molar-refractivity contribution in [2.24, 2.45) is 0 Å². The van der Waals surface area contributed by atoms with Gasteiger partial charge in [0.25, 0.3) is 0 Å². The standard InChI is InChI=1S/C30H28NO3S2/c1-3-34-29(33)28(31-18-16-22(2)17-19-31)30(36-21-27(32)24-11-5-4-6-12-24)35-20-25-14-9-13-23-10-7-8-15-26(23)25/h4-19H,3,20-21H2,1-2H3/q+1/b30-28-. The molecule has 0 N–H and O–H groups in total. The Bertz CT molecular complexity index is 1380. The zero-order valence-corrected chi connectivity index (χ0v) is 22.0. The average Bonchev–Trinajstić information content (AvgIpc) is 2.91. The molecule has 4 aromatic rings. The Kier molecular flexibility index (Phi) is 8.98. The quantitative estimate of drug-likeness (QED) is 0.102. The Morgan fingerprint density at radius 3 is 2.28 bits per heavy atom. The summed E-state index contributed by atoms with van der Waals surface area (Å²) in [4.78, 5) is 26.1. The number of ketones is 1. The molecule has 0 unspecified atom stereocenters. The number of rotatable bonds is 10. The summed E-state index contributed by atoms with van der Waals surface area (Å²) in [7, 11) is 0. The number of carbonyl (C=O) groups excluding carboxylic acids is 2. The number of carbonyl (C=O) groups is 2. The van der Waals surface area contributed by atoms with Crippen molar-refractivity contribution in [3.05, 3.63) is 118 Å². The number of aryl methyl sites for hydroxylation is 1. The van der Waals surface area contributed by atoms with Crippen LogP contribution in [0.3, 0.4) is 0 Å². The summed E-state index contributed by atoms with van der Waals surface area (Å²) in [5.74, 6) is 0.475. The molecule has 0 atom stereocenters. The number of Topliss-reactive ketones (excluding diaryl/α,β-unsaturated/α-hetero) is 1. The van der Waals surface area contributed by atoms with E-state index >= 15 is 0 Å². The van der Waals surface area contributed by atoms with E-state index in [9.17, 15) is 9.59 Å². The van der Waals surface area contributed by atoms with Gasteiger partial charge in [-0.3, -0.25) is 4.79 Å². The molecular weight excluding hydrogens is 486 g/mol. The molecule has 1 aromatic heterocycles. The van der Waals surface area contributed by atoms with E-state index in [-0.39, 0.29) is 18.1 Å². The minimum Gasteiger partial charge on any atom is -0.458 e. The highest BCUT2D eigenvalue weighted by atomic mass is 32.2. The molecule has 6 heteroatoms. The number of hydrogen-bond donors (Lipinski definition) is 0. The van der Waals surface area contributed by atoms with Crippen molar-refractivity contribution < 1.29 is 18.9 Å². The first-order valence-electron chi connectivity index (χ1n) is 11.8. The fourth-order valence-corrected chi connectivity index (χ4v) is 6.03. The second-order valence-corrected chi connectivity index (χ2v) is 10.4. The lowest BCUT2D eigenvalue weighted by Gasteiger charge is -2.11. The molecule has 0 bridgehead atoms. The van der Waals surface area contributed by atoms with E-state index in [2.05, 4.69) is 30.3 Å². The van der Waals surface area contributed by atoms with E-state index in [1.165, 1.54) is 28.1 Å². The third-order valence-electron chi connectivity index (χ3n) is 5.59. The smallest absolute Gasteiger partial charge is 0.405 e. The molecular formula is C30H28NO3S2+. The van der Waals surface area contributed by atoms with Gasteiger partial charge in [0.2, 0.25) is 0 Å². The molecule has 0 aliphatic carbocycles. The topological polar surface area (TPSA) is 47.3 Å². The zero-order chi connectivity index (χ0) is 25.3. The number of fused-ring (bicyclic) bond motifs is 1. The molecule has 3 aromatic carbocycles. The van der Waals surface area contributed by atoms with E-state index in [4.69, 9.17) is 4.74 Å². The van der Waals surface area contributed by atoms with Crippen LogP contribution in [0.15, 0.2) is 102 Å². The van der Waals surface area contributed by atoms with Crippen molar-refractivity contribution in [1.82, 2.24) is 0 Å². The van der Waals surface area contributed by atoms with Gasteiger partial charge in [-0.15, -0.1) is 23.5 Å². The van der Waals surface area contributed by atoms with Gasteiger partial charge in [-0.1, -0.05) is 72.8 Å². The van der Waals surface area contributed by atoms with Crippen molar-refractivity contribution in [2.45, 2.75) is 19.6 Å². The fourth-order valence-electron chi connectivity index (χ4n) is 3.72. The summed E-state index contributed by atoms with van der Waals surface area (Å²) in [5, 5.41) is 2.35. The number of ether oxygens (including phenoxy) is 1. The van der Waals surface area contributed by atoms with Gasteiger partial charge in [0, 0.05) is 23.4 Å². The Labute approximate surface area is 220 Å². The second-order valence-electron chi connectivity index (χ2n) is 8.14. The van der Waals surface area contributed by atoms with Crippen LogP contribution in [0.25, 0.3) is 16.5 Å². The summed E-state index contributed by atoms with van der Waals surface area (Å²) < 4.78 is 7.99.